The molecule has 2 rings (SSSR count). The van der Waals surface area contributed by atoms with Crippen molar-refractivity contribution in [3.8, 4) is 0 Å². The van der Waals surface area contributed by atoms with Crippen molar-refractivity contribution >= 4 is 11.9 Å². The van der Waals surface area contributed by atoms with E-state index in [1.54, 1.807) is 0 Å². The Labute approximate surface area is 117 Å². The maximum absolute atomic E-state index is 8.89. The van der Waals surface area contributed by atoms with E-state index in [4.69, 9.17) is 19.8 Å². The summed E-state index contributed by atoms with van der Waals surface area (Å²) >= 11 is 0. The number of aromatic amines is 2. The number of carboxylic acids is 2. The van der Waals surface area contributed by atoms with Crippen LogP contribution in [0.25, 0.3) is 0 Å². The maximum atomic E-state index is 8.89. The third-order valence-corrected chi connectivity index (χ3v) is 1.21. The van der Waals surface area contributed by atoms with Crippen LogP contribution in [0.1, 0.15) is 13.8 Å². The van der Waals surface area contributed by atoms with Gasteiger partial charge in [0.1, 0.15) is 0 Å². The smallest absolute Gasteiger partial charge is 0.166 e. The van der Waals surface area contributed by atoms with E-state index in [1.165, 1.54) is 0 Å². The summed E-state index contributed by atoms with van der Waals surface area (Å²) in [5.74, 6) is -2.17. The fourth-order valence-corrected chi connectivity index (χ4v) is 0.684. The van der Waals surface area contributed by atoms with E-state index in [0.29, 0.717) is 0 Å². The number of H-pyrrole nitrogens is 2. The average molecular weight is 278 g/mol. The first-order chi connectivity index (χ1) is 9.46. The monoisotopic (exact) mass is 278 g/mol. The van der Waals surface area contributed by atoms with Gasteiger partial charge in [0.2, 0.25) is 0 Å². The number of nitrogens with one attached hydrogen (secondary N) is 2. The van der Waals surface area contributed by atoms with Crippen LogP contribution in [0, 0.1) is 0 Å². The van der Waals surface area contributed by atoms with Crippen molar-refractivity contribution in [1.29, 1.82) is 0 Å². The van der Waals surface area contributed by atoms with Gasteiger partial charge in [-0.05, 0) is 13.8 Å². The summed E-state index contributed by atoms with van der Waals surface area (Å²) in [6.45, 7) is 1.94. The van der Waals surface area contributed by atoms with Crippen molar-refractivity contribution in [1.82, 2.24) is 0 Å². The van der Waals surface area contributed by atoms with Crippen LogP contribution in [0.15, 0.2) is 61.2 Å². The molecule has 0 amide bonds. The summed E-state index contributed by atoms with van der Waals surface area (Å²) in [5.41, 5.74) is 0. The molecule has 0 atom stereocenters. The quantitative estimate of drug-likeness (QED) is 0.585. The number of hydrogen-bond acceptors (Lipinski definition) is 4. The van der Waals surface area contributed by atoms with Crippen LogP contribution >= 0.6 is 0 Å². The van der Waals surface area contributed by atoms with Gasteiger partial charge >= 0.3 is 0 Å². The minimum absolute atomic E-state index is 0.972. The van der Waals surface area contributed by atoms with Crippen molar-refractivity contribution in [2.24, 2.45) is 0 Å². The normalized spacial score (nSPS) is 7.30. The molecule has 0 saturated carbocycles. The SMILES string of the molecule is CC(=O)[O-].CC(=O)[O-].c1cc[nH+]cc1.c1cc[nH+]cc1. The molecular weight excluding hydrogens is 260 g/mol. The molecule has 0 bridgehead atoms. The van der Waals surface area contributed by atoms with Crippen LogP contribution in [0.2, 0.25) is 0 Å². The second kappa shape index (κ2) is 16.2. The molecule has 0 fully saturated rings. The Hall–Kier alpha value is -2.76. The van der Waals surface area contributed by atoms with Gasteiger partial charge in [-0.2, -0.15) is 0 Å². The zero-order valence-electron chi connectivity index (χ0n) is 11.4. The van der Waals surface area contributed by atoms with Crippen LogP contribution in [0.3, 0.4) is 0 Å². The molecule has 0 saturated heterocycles. The van der Waals surface area contributed by atoms with Crippen LogP contribution in [-0.4, -0.2) is 11.9 Å². The fraction of sp³-hybridized carbons (Fsp3) is 0.143. The Kier molecular flexibility index (Phi) is 15.9. The predicted octanol–water partition coefficient (Wildman–Crippen LogP) is -1.49. The highest BCUT2D eigenvalue weighted by atomic mass is 16.4. The van der Waals surface area contributed by atoms with Crippen LogP contribution in [0.5, 0.6) is 0 Å². The van der Waals surface area contributed by atoms with Gasteiger partial charge in [-0.25, -0.2) is 9.97 Å². The Balaban J connectivity index is 0. The second-order valence-electron chi connectivity index (χ2n) is 3.14. The number of carbonyl (C=O) groups excluding carboxylic acids is 2. The molecule has 0 aliphatic heterocycles. The molecule has 0 aliphatic rings. The average Bonchev–Trinajstić information content (AvgIpc) is 2.42. The zero-order valence-corrected chi connectivity index (χ0v) is 11.4. The minimum atomic E-state index is -1.08. The fourth-order valence-electron chi connectivity index (χ4n) is 0.684. The van der Waals surface area contributed by atoms with Crippen LogP contribution < -0.4 is 20.2 Å². The lowest BCUT2D eigenvalue weighted by Crippen LogP contribution is -2.16. The zero-order chi connectivity index (χ0) is 15.6. The molecule has 6 nitrogen and oxygen atoms in total. The van der Waals surface area contributed by atoms with E-state index in [-0.39, 0.29) is 0 Å². The predicted molar refractivity (Wildman–Crippen MR) is 67.4 cm³/mol. The van der Waals surface area contributed by atoms with Gasteiger partial charge in [0.05, 0.1) is 0 Å². The molecule has 20 heavy (non-hydrogen) atoms. The van der Waals surface area contributed by atoms with E-state index in [9.17, 15) is 0 Å². The van der Waals surface area contributed by atoms with Crippen molar-refractivity contribution in [3.05, 3.63) is 61.2 Å². The lowest BCUT2D eigenvalue weighted by atomic mass is 10.5. The number of carboxylic acid groups (broad SMARTS) is 2. The summed E-state index contributed by atoms with van der Waals surface area (Å²) in [4.78, 5) is 23.6. The van der Waals surface area contributed by atoms with Gasteiger partial charge in [-0.15, -0.1) is 0 Å². The lowest BCUT2D eigenvalue weighted by Gasteiger charge is -1.77. The van der Waals surface area contributed by atoms with Crippen LogP contribution in [-0.2, 0) is 9.59 Å². The molecule has 2 aromatic heterocycles. The number of aliphatic carboxylic acids is 2. The van der Waals surface area contributed by atoms with E-state index < -0.39 is 11.9 Å². The first-order valence-electron chi connectivity index (χ1n) is 5.64. The molecule has 108 valence electrons. The maximum Gasteiger partial charge on any atom is 0.166 e. The number of pyridine rings is 2. The summed E-state index contributed by atoms with van der Waals surface area (Å²) in [5, 5.41) is 17.8. The minimum Gasteiger partial charge on any atom is -0.550 e. The van der Waals surface area contributed by atoms with E-state index >= 15 is 0 Å². The van der Waals surface area contributed by atoms with Gasteiger partial charge in [0.15, 0.2) is 24.8 Å². The Morgan fingerprint density at radius 2 is 0.850 bits per heavy atom. The molecule has 2 N–H and O–H groups in total. The van der Waals surface area contributed by atoms with Gasteiger partial charge in [-0.3, -0.25) is 0 Å². The molecule has 2 heterocycles. The molecule has 0 radical (unpaired) electrons. The second-order valence-corrected chi connectivity index (χ2v) is 3.14. The van der Waals surface area contributed by atoms with Gasteiger partial charge in [0, 0.05) is 36.2 Å². The highest BCUT2D eigenvalue weighted by Gasteiger charge is 1.66. The molecule has 6 heteroatoms. The lowest BCUT2D eigenvalue weighted by molar-refractivity contribution is -0.378. The molecule has 2 aromatic rings. The van der Waals surface area contributed by atoms with Crippen molar-refractivity contribution < 1.29 is 29.8 Å². The number of hydrogen-bond donors (Lipinski definition) is 0. The van der Waals surface area contributed by atoms with Crippen molar-refractivity contribution in [3.63, 3.8) is 0 Å². The largest absolute Gasteiger partial charge is 0.550 e. The van der Waals surface area contributed by atoms with E-state index in [2.05, 4.69) is 9.97 Å². The summed E-state index contributed by atoms with van der Waals surface area (Å²) < 4.78 is 0. The number of carbonyl (C=O) groups is 2. The topological polar surface area (TPSA) is 109 Å². The molecule has 0 aliphatic carbocycles. The van der Waals surface area contributed by atoms with E-state index in [1.807, 2.05) is 61.2 Å². The Morgan fingerprint density at radius 3 is 0.900 bits per heavy atom. The third kappa shape index (κ3) is 36.2. The molecular formula is C14H18N2O4. The summed E-state index contributed by atoms with van der Waals surface area (Å²) in [6.07, 6.45) is 7.50. The van der Waals surface area contributed by atoms with Crippen molar-refractivity contribution in [2.75, 3.05) is 0 Å². The highest BCUT2D eigenvalue weighted by molar-refractivity contribution is 5.60. The molecule has 0 aromatic carbocycles. The summed E-state index contributed by atoms with van der Waals surface area (Å²) in [7, 11) is 0. The molecule has 0 unspecified atom stereocenters. The van der Waals surface area contributed by atoms with Gasteiger partial charge in [-0.1, -0.05) is 12.1 Å². The van der Waals surface area contributed by atoms with Gasteiger partial charge < -0.3 is 19.8 Å². The molecule has 0 spiro atoms. The first kappa shape index (κ1) is 19.6. The Bertz CT molecular complexity index is 331. The van der Waals surface area contributed by atoms with Crippen LogP contribution in [0.4, 0.5) is 0 Å². The van der Waals surface area contributed by atoms with E-state index in [0.717, 1.165) is 13.8 Å². The number of aromatic nitrogens is 2. The summed E-state index contributed by atoms with van der Waals surface area (Å²) in [6, 6.07) is 11.7. The van der Waals surface area contributed by atoms with Gasteiger partial charge in [0.25, 0.3) is 0 Å². The highest BCUT2D eigenvalue weighted by Crippen LogP contribution is 1.69. The number of rotatable bonds is 0. The standard InChI is InChI=1S/2C5H5N.2C2H4O2/c2*1-2-4-6-5-3-1;2*1-2(3)4/h2*1-5H;2*1H3,(H,3,4). The van der Waals surface area contributed by atoms with Crippen molar-refractivity contribution in [2.45, 2.75) is 13.8 Å². The Morgan fingerprint density at radius 1 is 0.650 bits per heavy atom. The first-order valence-corrected chi connectivity index (χ1v) is 5.64. The third-order valence-electron chi connectivity index (χ3n) is 1.21.